The lowest BCUT2D eigenvalue weighted by atomic mass is 10.0. The van der Waals surface area contributed by atoms with Crippen molar-refractivity contribution in [2.45, 2.75) is 33.6 Å². The average molecular weight is 259 g/mol. The van der Waals surface area contributed by atoms with Crippen molar-refractivity contribution in [3.63, 3.8) is 0 Å². The lowest BCUT2D eigenvalue weighted by Gasteiger charge is -2.04. The first-order chi connectivity index (χ1) is 8.54. The molecule has 0 fully saturated rings. The van der Waals surface area contributed by atoms with Crippen molar-refractivity contribution < 1.29 is 4.79 Å². The summed E-state index contributed by atoms with van der Waals surface area (Å²) in [6.07, 6.45) is 0.950. The fourth-order valence-corrected chi connectivity index (χ4v) is 2.66. The molecule has 2 aromatic rings. The smallest absolute Gasteiger partial charge is 0.144 e. The number of ketones is 1. The molecular formula is C15H17NOS. The number of carbonyl (C=O) groups excluding carboxylic acids is 1. The van der Waals surface area contributed by atoms with Crippen LogP contribution in [0.15, 0.2) is 23.6 Å². The van der Waals surface area contributed by atoms with Gasteiger partial charge in [0.1, 0.15) is 10.8 Å². The van der Waals surface area contributed by atoms with Crippen LogP contribution in [0.4, 0.5) is 0 Å². The molecule has 94 valence electrons. The highest BCUT2D eigenvalue weighted by atomic mass is 32.1. The minimum Gasteiger partial charge on any atom is -0.299 e. The van der Waals surface area contributed by atoms with Crippen molar-refractivity contribution in [2.75, 3.05) is 0 Å². The van der Waals surface area contributed by atoms with Crippen LogP contribution in [0.1, 0.15) is 27.4 Å². The maximum absolute atomic E-state index is 12.0. The van der Waals surface area contributed by atoms with Gasteiger partial charge in [-0.25, -0.2) is 4.98 Å². The summed E-state index contributed by atoms with van der Waals surface area (Å²) in [5.74, 6) is 0.229. The zero-order valence-corrected chi connectivity index (χ0v) is 11.8. The highest BCUT2D eigenvalue weighted by molar-refractivity contribution is 7.09. The number of Topliss-reactive ketones (excluding diaryl/α,β-unsaturated/α-hetero) is 1. The number of aromatic nitrogens is 1. The number of hydrogen-bond acceptors (Lipinski definition) is 3. The number of hydrogen-bond donors (Lipinski definition) is 0. The van der Waals surface area contributed by atoms with Crippen LogP contribution in [0.25, 0.3) is 0 Å². The number of nitrogens with zero attached hydrogens (tertiary/aromatic N) is 1. The van der Waals surface area contributed by atoms with Crippen molar-refractivity contribution in [1.29, 1.82) is 0 Å². The normalized spacial score (nSPS) is 10.6. The highest BCUT2D eigenvalue weighted by Crippen LogP contribution is 2.13. The second-order valence-electron chi connectivity index (χ2n) is 4.69. The van der Waals surface area contributed by atoms with E-state index in [4.69, 9.17) is 0 Å². The summed E-state index contributed by atoms with van der Waals surface area (Å²) in [5.41, 5.74) is 4.59. The van der Waals surface area contributed by atoms with Crippen LogP contribution in [0.3, 0.4) is 0 Å². The molecule has 0 amide bonds. The summed E-state index contributed by atoms with van der Waals surface area (Å²) in [6, 6.07) is 6.21. The van der Waals surface area contributed by atoms with E-state index >= 15 is 0 Å². The van der Waals surface area contributed by atoms with Gasteiger partial charge in [0.05, 0.1) is 6.42 Å². The van der Waals surface area contributed by atoms with E-state index in [1.165, 1.54) is 11.1 Å². The predicted octanol–water partition coefficient (Wildman–Crippen LogP) is 3.42. The van der Waals surface area contributed by atoms with Crippen molar-refractivity contribution in [1.82, 2.24) is 4.98 Å². The molecule has 0 unspecified atom stereocenters. The molecule has 0 aliphatic carbocycles. The van der Waals surface area contributed by atoms with Gasteiger partial charge in [-0.2, -0.15) is 0 Å². The standard InChI is InChI=1S/C15H17NOS/c1-10-4-5-13(6-11(10)2)7-14(17)8-15-16-12(3)9-18-15/h4-6,9H,7-8H2,1-3H3. The third-order valence-electron chi connectivity index (χ3n) is 2.99. The Morgan fingerprint density at radius 3 is 2.56 bits per heavy atom. The van der Waals surface area contributed by atoms with E-state index in [1.54, 1.807) is 11.3 Å². The lowest BCUT2D eigenvalue weighted by Crippen LogP contribution is -2.06. The summed E-state index contributed by atoms with van der Waals surface area (Å²) in [4.78, 5) is 16.3. The summed E-state index contributed by atoms with van der Waals surface area (Å²) in [6.45, 7) is 6.11. The Bertz CT molecular complexity index is 572. The molecule has 1 aromatic carbocycles. The van der Waals surface area contributed by atoms with Crippen LogP contribution >= 0.6 is 11.3 Å². The highest BCUT2D eigenvalue weighted by Gasteiger charge is 2.08. The van der Waals surface area contributed by atoms with Crippen LogP contribution in [0.5, 0.6) is 0 Å². The molecule has 18 heavy (non-hydrogen) atoms. The maximum atomic E-state index is 12.0. The minimum atomic E-state index is 0.229. The zero-order valence-electron chi connectivity index (χ0n) is 11.0. The Kier molecular flexibility index (Phi) is 3.92. The number of benzene rings is 1. The van der Waals surface area contributed by atoms with Gasteiger partial charge < -0.3 is 0 Å². The Morgan fingerprint density at radius 2 is 1.94 bits per heavy atom. The van der Waals surface area contributed by atoms with Crippen molar-refractivity contribution in [3.05, 3.63) is 51.0 Å². The molecule has 0 aliphatic heterocycles. The molecule has 1 aromatic heterocycles. The molecule has 0 aliphatic rings. The van der Waals surface area contributed by atoms with E-state index < -0.39 is 0 Å². The monoisotopic (exact) mass is 259 g/mol. The Labute approximate surface area is 112 Å². The molecule has 0 spiro atoms. The van der Waals surface area contributed by atoms with E-state index in [-0.39, 0.29) is 5.78 Å². The quantitative estimate of drug-likeness (QED) is 0.842. The van der Waals surface area contributed by atoms with Gasteiger partial charge in [-0.15, -0.1) is 11.3 Å². The van der Waals surface area contributed by atoms with Gasteiger partial charge >= 0.3 is 0 Å². The van der Waals surface area contributed by atoms with Crippen molar-refractivity contribution >= 4 is 17.1 Å². The van der Waals surface area contributed by atoms with Crippen LogP contribution < -0.4 is 0 Å². The van der Waals surface area contributed by atoms with Crippen LogP contribution in [-0.2, 0) is 17.6 Å². The summed E-state index contributed by atoms with van der Waals surface area (Å²) < 4.78 is 0. The van der Waals surface area contributed by atoms with Gasteiger partial charge in [0.2, 0.25) is 0 Å². The van der Waals surface area contributed by atoms with E-state index in [2.05, 4.69) is 31.0 Å². The van der Waals surface area contributed by atoms with E-state index in [0.29, 0.717) is 12.8 Å². The predicted molar refractivity (Wildman–Crippen MR) is 75.2 cm³/mol. The topological polar surface area (TPSA) is 30.0 Å². The molecule has 0 atom stereocenters. The fourth-order valence-electron chi connectivity index (χ4n) is 1.86. The van der Waals surface area contributed by atoms with Crippen molar-refractivity contribution in [3.8, 4) is 0 Å². The molecule has 0 saturated heterocycles. The van der Waals surface area contributed by atoms with Gasteiger partial charge in [-0.05, 0) is 37.5 Å². The summed E-state index contributed by atoms with van der Waals surface area (Å²) in [7, 11) is 0. The van der Waals surface area contributed by atoms with Crippen LogP contribution in [-0.4, -0.2) is 10.8 Å². The average Bonchev–Trinajstić information content (AvgIpc) is 2.69. The van der Waals surface area contributed by atoms with Gasteiger partial charge in [-0.3, -0.25) is 4.79 Å². The minimum absolute atomic E-state index is 0.229. The van der Waals surface area contributed by atoms with Gasteiger partial charge in [0, 0.05) is 17.5 Å². The molecule has 3 heteroatoms. The largest absolute Gasteiger partial charge is 0.299 e. The zero-order chi connectivity index (χ0) is 13.1. The SMILES string of the molecule is Cc1csc(CC(=O)Cc2ccc(C)c(C)c2)n1. The molecule has 0 N–H and O–H groups in total. The molecular weight excluding hydrogens is 242 g/mol. The number of thiazole rings is 1. The lowest BCUT2D eigenvalue weighted by molar-refractivity contribution is -0.117. The first kappa shape index (κ1) is 13.0. The molecule has 0 bridgehead atoms. The Balaban J connectivity index is 2.00. The third-order valence-corrected chi connectivity index (χ3v) is 3.95. The number of rotatable bonds is 4. The van der Waals surface area contributed by atoms with E-state index in [9.17, 15) is 4.79 Å². The van der Waals surface area contributed by atoms with E-state index in [0.717, 1.165) is 16.3 Å². The molecule has 0 radical (unpaired) electrons. The molecule has 2 rings (SSSR count). The second-order valence-corrected chi connectivity index (χ2v) is 5.64. The maximum Gasteiger partial charge on any atom is 0.144 e. The number of aryl methyl sites for hydroxylation is 3. The van der Waals surface area contributed by atoms with Crippen molar-refractivity contribution in [2.24, 2.45) is 0 Å². The first-order valence-electron chi connectivity index (χ1n) is 6.03. The Hall–Kier alpha value is -1.48. The molecule has 2 nitrogen and oxygen atoms in total. The Morgan fingerprint density at radius 1 is 1.17 bits per heavy atom. The van der Waals surface area contributed by atoms with E-state index in [1.807, 2.05) is 18.4 Å². The summed E-state index contributed by atoms with van der Waals surface area (Å²) >= 11 is 1.56. The van der Waals surface area contributed by atoms with Gasteiger partial charge in [0.25, 0.3) is 0 Å². The summed E-state index contributed by atoms with van der Waals surface area (Å²) in [5, 5.41) is 2.90. The third kappa shape index (κ3) is 3.26. The molecule has 0 saturated carbocycles. The van der Waals surface area contributed by atoms with Gasteiger partial charge in [0.15, 0.2) is 0 Å². The number of carbonyl (C=O) groups is 1. The first-order valence-corrected chi connectivity index (χ1v) is 6.91. The van der Waals surface area contributed by atoms with Crippen LogP contribution in [0, 0.1) is 20.8 Å². The van der Waals surface area contributed by atoms with Gasteiger partial charge in [-0.1, -0.05) is 18.2 Å². The molecule has 1 heterocycles. The second kappa shape index (κ2) is 5.44. The fraction of sp³-hybridized carbons (Fsp3) is 0.333. The van der Waals surface area contributed by atoms with Crippen LogP contribution in [0.2, 0.25) is 0 Å².